The Bertz CT molecular complexity index is 476. The molecule has 0 aromatic heterocycles. The van der Waals surface area contributed by atoms with Gasteiger partial charge in [0.1, 0.15) is 0 Å². The van der Waals surface area contributed by atoms with Crippen molar-refractivity contribution in [2.75, 3.05) is 17.7 Å². The number of nitrogens with two attached hydrogens (primary N) is 2. The van der Waals surface area contributed by atoms with Crippen molar-refractivity contribution in [2.24, 2.45) is 0 Å². The van der Waals surface area contributed by atoms with Crippen LogP contribution in [0, 0.1) is 0 Å². The van der Waals surface area contributed by atoms with E-state index in [9.17, 15) is 13.2 Å². The topological polar surface area (TPSA) is 115 Å². The van der Waals surface area contributed by atoms with Crippen LogP contribution in [0.3, 0.4) is 0 Å². The zero-order chi connectivity index (χ0) is 11.6. The van der Waals surface area contributed by atoms with Crippen LogP contribution < -0.4 is 16.2 Å². The predicted octanol–water partition coefficient (Wildman–Crippen LogP) is -0.460. The van der Waals surface area contributed by atoms with E-state index in [4.69, 9.17) is 11.5 Å². The highest BCUT2D eigenvalue weighted by Crippen LogP contribution is 2.13. The largest absolute Gasteiger partial charge is 0.399 e. The van der Waals surface area contributed by atoms with Gasteiger partial charge in [0.15, 0.2) is 0 Å². The summed E-state index contributed by atoms with van der Waals surface area (Å²) in [5.74, 6) is -0.753. The molecule has 0 unspecified atom stereocenters. The highest BCUT2D eigenvalue weighted by atomic mass is 32.2. The molecule has 0 bridgehead atoms. The summed E-state index contributed by atoms with van der Waals surface area (Å²) in [5.41, 5.74) is 11.6. The predicted molar refractivity (Wildman–Crippen MR) is 57.6 cm³/mol. The standard InChI is InChI=1S/C8H11N3O3S/c1-15(13,14)11-8(12)5-2-6(9)4-7(10)3-5/h2-4H,9-10H2,1H3,(H,11,12). The van der Waals surface area contributed by atoms with E-state index in [-0.39, 0.29) is 5.56 Å². The molecule has 0 aliphatic rings. The Hall–Kier alpha value is -1.76. The van der Waals surface area contributed by atoms with Gasteiger partial charge in [-0.2, -0.15) is 0 Å². The van der Waals surface area contributed by atoms with Gasteiger partial charge in [-0.25, -0.2) is 13.1 Å². The summed E-state index contributed by atoms with van der Waals surface area (Å²) in [4.78, 5) is 11.4. The number of amides is 1. The molecular formula is C8H11N3O3S. The first-order chi connectivity index (χ1) is 6.78. The van der Waals surface area contributed by atoms with Gasteiger partial charge in [0.25, 0.3) is 5.91 Å². The normalized spacial score (nSPS) is 11.0. The Morgan fingerprint density at radius 1 is 1.20 bits per heavy atom. The third-order valence-corrected chi connectivity index (χ3v) is 2.07. The van der Waals surface area contributed by atoms with Gasteiger partial charge < -0.3 is 11.5 Å². The number of hydrogen-bond acceptors (Lipinski definition) is 5. The molecule has 6 nitrogen and oxygen atoms in total. The second-order valence-electron chi connectivity index (χ2n) is 3.09. The van der Waals surface area contributed by atoms with Crippen molar-refractivity contribution in [1.82, 2.24) is 4.72 Å². The number of anilines is 2. The van der Waals surface area contributed by atoms with Gasteiger partial charge in [-0.15, -0.1) is 0 Å². The smallest absolute Gasteiger partial charge is 0.264 e. The summed E-state index contributed by atoms with van der Waals surface area (Å²) in [7, 11) is -3.58. The number of rotatable bonds is 2. The second-order valence-corrected chi connectivity index (χ2v) is 4.84. The third kappa shape index (κ3) is 3.47. The fraction of sp³-hybridized carbons (Fsp3) is 0.125. The van der Waals surface area contributed by atoms with Gasteiger partial charge in [0.05, 0.1) is 6.26 Å². The van der Waals surface area contributed by atoms with E-state index in [1.807, 2.05) is 4.72 Å². The molecule has 0 spiro atoms. The molecule has 0 fully saturated rings. The first-order valence-corrected chi connectivity index (χ1v) is 5.85. The maximum Gasteiger partial charge on any atom is 0.264 e. The third-order valence-electron chi connectivity index (χ3n) is 1.52. The lowest BCUT2D eigenvalue weighted by atomic mass is 10.2. The maximum absolute atomic E-state index is 11.4. The molecule has 1 amide bonds. The molecule has 0 saturated carbocycles. The van der Waals surface area contributed by atoms with E-state index >= 15 is 0 Å². The average Bonchev–Trinajstić information content (AvgIpc) is 1.98. The molecule has 82 valence electrons. The van der Waals surface area contributed by atoms with Crippen LogP contribution in [0.1, 0.15) is 10.4 Å². The van der Waals surface area contributed by atoms with E-state index in [1.165, 1.54) is 18.2 Å². The van der Waals surface area contributed by atoms with Crippen LogP contribution in [-0.4, -0.2) is 20.6 Å². The summed E-state index contributed by atoms with van der Waals surface area (Å²) >= 11 is 0. The van der Waals surface area contributed by atoms with Crippen LogP contribution in [-0.2, 0) is 10.0 Å². The van der Waals surface area contributed by atoms with Crippen molar-refractivity contribution in [1.29, 1.82) is 0 Å². The summed E-state index contributed by atoms with van der Waals surface area (Å²) in [6.45, 7) is 0. The van der Waals surface area contributed by atoms with Crippen molar-refractivity contribution in [3.63, 3.8) is 0 Å². The molecule has 15 heavy (non-hydrogen) atoms. The van der Waals surface area contributed by atoms with E-state index in [2.05, 4.69) is 0 Å². The number of nitrogens with one attached hydrogen (secondary N) is 1. The van der Waals surface area contributed by atoms with Crippen LogP contribution in [0.4, 0.5) is 11.4 Å². The van der Waals surface area contributed by atoms with Crippen LogP contribution >= 0.6 is 0 Å². The van der Waals surface area contributed by atoms with Crippen LogP contribution in [0.5, 0.6) is 0 Å². The summed E-state index contributed by atoms with van der Waals surface area (Å²) in [6, 6.07) is 4.16. The minimum absolute atomic E-state index is 0.109. The van der Waals surface area contributed by atoms with Crippen molar-refractivity contribution in [3.05, 3.63) is 23.8 Å². The second kappa shape index (κ2) is 3.77. The molecule has 0 saturated heterocycles. The molecule has 1 aromatic rings. The van der Waals surface area contributed by atoms with Gasteiger partial charge in [-0.05, 0) is 18.2 Å². The van der Waals surface area contributed by atoms with E-state index < -0.39 is 15.9 Å². The zero-order valence-electron chi connectivity index (χ0n) is 8.02. The first-order valence-electron chi connectivity index (χ1n) is 3.96. The summed E-state index contributed by atoms with van der Waals surface area (Å²) < 4.78 is 23.4. The fourth-order valence-corrected chi connectivity index (χ4v) is 1.49. The lowest BCUT2D eigenvalue weighted by molar-refractivity contribution is 0.0981. The Kier molecular flexibility index (Phi) is 2.85. The Morgan fingerprint density at radius 3 is 2.07 bits per heavy atom. The Labute approximate surface area is 87.3 Å². The van der Waals surface area contributed by atoms with E-state index in [0.29, 0.717) is 11.4 Å². The monoisotopic (exact) mass is 229 g/mol. The van der Waals surface area contributed by atoms with Gasteiger partial charge in [-0.3, -0.25) is 4.79 Å². The molecule has 1 rings (SSSR count). The molecule has 0 heterocycles. The quantitative estimate of drug-likeness (QED) is 0.593. The SMILES string of the molecule is CS(=O)(=O)NC(=O)c1cc(N)cc(N)c1. The number of carbonyl (C=O) groups excluding carboxylic acids is 1. The summed E-state index contributed by atoms with van der Waals surface area (Å²) in [5, 5.41) is 0. The van der Waals surface area contributed by atoms with Gasteiger partial charge >= 0.3 is 0 Å². The van der Waals surface area contributed by atoms with Crippen molar-refractivity contribution >= 4 is 27.3 Å². The van der Waals surface area contributed by atoms with Crippen LogP contribution in [0.2, 0.25) is 0 Å². The molecular weight excluding hydrogens is 218 g/mol. The van der Waals surface area contributed by atoms with Crippen LogP contribution in [0.25, 0.3) is 0 Å². The highest BCUT2D eigenvalue weighted by molar-refractivity contribution is 7.89. The molecule has 0 radical (unpaired) electrons. The fourth-order valence-electron chi connectivity index (χ4n) is 1.03. The lowest BCUT2D eigenvalue weighted by Crippen LogP contribution is -2.29. The van der Waals surface area contributed by atoms with Crippen LogP contribution in [0.15, 0.2) is 18.2 Å². The number of nitrogen functional groups attached to an aromatic ring is 2. The molecule has 5 N–H and O–H groups in total. The average molecular weight is 229 g/mol. The number of benzene rings is 1. The first kappa shape index (κ1) is 11.3. The maximum atomic E-state index is 11.4. The van der Waals surface area contributed by atoms with Gasteiger partial charge in [0.2, 0.25) is 10.0 Å². The Balaban J connectivity index is 3.02. The van der Waals surface area contributed by atoms with Gasteiger partial charge in [0, 0.05) is 16.9 Å². The number of carbonyl (C=O) groups is 1. The minimum Gasteiger partial charge on any atom is -0.399 e. The highest BCUT2D eigenvalue weighted by Gasteiger charge is 2.11. The minimum atomic E-state index is -3.58. The van der Waals surface area contributed by atoms with Crippen molar-refractivity contribution < 1.29 is 13.2 Å². The zero-order valence-corrected chi connectivity index (χ0v) is 8.84. The Morgan fingerprint density at radius 2 is 1.67 bits per heavy atom. The number of sulfonamides is 1. The molecule has 1 aromatic carbocycles. The van der Waals surface area contributed by atoms with Gasteiger partial charge in [-0.1, -0.05) is 0 Å². The molecule has 0 atom stereocenters. The van der Waals surface area contributed by atoms with E-state index in [1.54, 1.807) is 0 Å². The molecule has 7 heteroatoms. The molecule has 0 aliphatic heterocycles. The lowest BCUT2D eigenvalue weighted by Gasteiger charge is -2.04. The number of hydrogen-bond donors (Lipinski definition) is 3. The molecule has 0 aliphatic carbocycles. The summed E-state index contributed by atoms with van der Waals surface area (Å²) in [6.07, 6.45) is 0.889. The van der Waals surface area contributed by atoms with Crippen molar-refractivity contribution in [2.45, 2.75) is 0 Å². The van der Waals surface area contributed by atoms with E-state index in [0.717, 1.165) is 6.26 Å². The van der Waals surface area contributed by atoms with Crippen molar-refractivity contribution in [3.8, 4) is 0 Å².